The van der Waals surface area contributed by atoms with Gasteiger partial charge in [0.15, 0.2) is 0 Å². The molecule has 1 rings (SSSR count). The van der Waals surface area contributed by atoms with E-state index in [1.807, 2.05) is 0 Å². The topological polar surface area (TPSA) is 105 Å². The molecular formula is C13H16N2O5S. The lowest BCUT2D eigenvalue weighted by Crippen LogP contribution is -2.41. The fourth-order valence-corrected chi connectivity index (χ4v) is 2.14. The number of aliphatic carboxylic acids is 1. The Morgan fingerprint density at radius 2 is 1.90 bits per heavy atom. The molecule has 0 bridgehead atoms. The van der Waals surface area contributed by atoms with E-state index in [2.05, 4.69) is 10.6 Å². The number of carboxylic acid groups (broad SMARTS) is 1. The summed E-state index contributed by atoms with van der Waals surface area (Å²) in [7, 11) is 1.54. The molecule has 7 nitrogen and oxygen atoms in total. The summed E-state index contributed by atoms with van der Waals surface area (Å²) in [6.07, 6.45) is 0. The van der Waals surface area contributed by atoms with Gasteiger partial charge in [-0.2, -0.15) is 0 Å². The molecule has 21 heavy (non-hydrogen) atoms. The molecule has 1 aromatic rings. The van der Waals surface area contributed by atoms with Gasteiger partial charge in [0.1, 0.15) is 11.8 Å². The van der Waals surface area contributed by atoms with E-state index in [1.54, 1.807) is 24.3 Å². The monoisotopic (exact) mass is 312 g/mol. The zero-order valence-electron chi connectivity index (χ0n) is 11.6. The zero-order chi connectivity index (χ0) is 15.8. The summed E-state index contributed by atoms with van der Waals surface area (Å²) in [5.74, 6) is -1.04. The van der Waals surface area contributed by atoms with Crippen molar-refractivity contribution in [1.82, 2.24) is 5.32 Å². The molecule has 3 N–H and O–H groups in total. The normalized spacial score (nSPS) is 11.3. The average Bonchev–Trinajstić information content (AvgIpc) is 2.43. The molecule has 0 heterocycles. The van der Waals surface area contributed by atoms with Gasteiger partial charge in [-0.1, -0.05) is 11.8 Å². The van der Waals surface area contributed by atoms with Gasteiger partial charge in [-0.05, 0) is 24.3 Å². The number of hydrogen-bond acceptors (Lipinski definition) is 5. The van der Waals surface area contributed by atoms with Gasteiger partial charge < -0.3 is 20.5 Å². The van der Waals surface area contributed by atoms with E-state index >= 15 is 0 Å². The third kappa shape index (κ3) is 6.17. The molecule has 2 amide bonds. The standard InChI is InChI=1S/C13H16N2O5S/c1-8(16)14-11(12(17)18)7-21-13(19)15-9-3-5-10(20-2)6-4-9/h3-6,11H,7H2,1-2H3,(H,14,16)(H,15,19)(H,17,18)/t11-/m0/s1. The Balaban J connectivity index is 2.48. The highest BCUT2D eigenvalue weighted by atomic mass is 32.2. The molecule has 114 valence electrons. The van der Waals surface area contributed by atoms with E-state index in [1.165, 1.54) is 14.0 Å². The van der Waals surface area contributed by atoms with Crippen molar-refractivity contribution in [2.75, 3.05) is 18.2 Å². The molecule has 0 saturated heterocycles. The number of hydrogen-bond donors (Lipinski definition) is 3. The van der Waals surface area contributed by atoms with Gasteiger partial charge >= 0.3 is 5.97 Å². The second kappa shape index (κ2) is 8.15. The van der Waals surface area contributed by atoms with E-state index < -0.39 is 23.2 Å². The van der Waals surface area contributed by atoms with Crippen LogP contribution in [0.3, 0.4) is 0 Å². The van der Waals surface area contributed by atoms with Crippen LogP contribution in [0.4, 0.5) is 10.5 Å². The van der Waals surface area contributed by atoms with Crippen LogP contribution in [-0.2, 0) is 9.59 Å². The summed E-state index contributed by atoms with van der Waals surface area (Å²) in [4.78, 5) is 33.5. The van der Waals surface area contributed by atoms with Gasteiger partial charge in [-0.15, -0.1) is 0 Å². The van der Waals surface area contributed by atoms with Crippen molar-refractivity contribution in [2.24, 2.45) is 0 Å². The molecule has 0 radical (unpaired) electrons. The van der Waals surface area contributed by atoms with Crippen molar-refractivity contribution in [3.8, 4) is 5.75 Å². The summed E-state index contributed by atoms with van der Waals surface area (Å²) in [5, 5.41) is 13.4. The second-order valence-corrected chi connectivity index (χ2v) is 5.04. The molecule has 0 aliphatic rings. The highest BCUT2D eigenvalue weighted by Gasteiger charge is 2.20. The van der Waals surface area contributed by atoms with Gasteiger partial charge in [0.2, 0.25) is 5.91 Å². The SMILES string of the molecule is COc1ccc(NC(=O)SC[C@H](NC(C)=O)C(=O)O)cc1. The number of carboxylic acids is 1. The Morgan fingerprint density at radius 3 is 2.38 bits per heavy atom. The number of methoxy groups -OCH3 is 1. The quantitative estimate of drug-likeness (QED) is 0.736. The largest absolute Gasteiger partial charge is 0.497 e. The van der Waals surface area contributed by atoms with Gasteiger partial charge in [0.25, 0.3) is 5.24 Å². The van der Waals surface area contributed by atoms with Crippen LogP contribution in [0.2, 0.25) is 0 Å². The third-order valence-electron chi connectivity index (χ3n) is 2.39. The van der Waals surface area contributed by atoms with Crippen LogP contribution < -0.4 is 15.4 Å². The zero-order valence-corrected chi connectivity index (χ0v) is 12.4. The Morgan fingerprint density at radius 1 is 1.29 bits per heavy atom. The van der Waals surface area contributed by atoms with Gasteiger partial charge in [-0.25, -0.2) is 4.79 Å². The number of nitrogens with one attached hydrogen (secondary N) is 2. The van der Waals surface area contributed by atoms with E-state index in [0.29, 0.717) is 11.4 Å². The number of benzene rings is 1. The lowest BCUT2D eigenvalue weighted by Gasteiger charge is -2.12. The minimum absolute atomic E-state index is 0.0586. The number of carbonyl (C=O) groups is 3. The van der Waals surface area contributed by atoms with E-state index in [0.717, 1.165) is 11.8 Å². The minimum Gasteiger partial charge on any atom is -0.497 e. The van der Waals surface area contributed by atoms with Crippen molar-refractivity contribution >= 4 is 34.6 Å². The molecule has 0 fully saturated rings. The van der Waals surface area contributed by atoms with Crippen molar-refractivity contribution in [3.63, 3.8) is 0 Å². The fraction of sp³-hybridized carbons (Fsp3) is 0.308. The first-order valence-corrected chi connectivity index (χ1v) is 6.98. The maximum Gasteiger partial charge on any atom is 0.327 e. The fourth-order valence-electron chi connectivity index (χ4n) is 1.41. The summed E-state index contributed by atoms with van der Waals surface area (Å²) in [6, 6.07) is 5.61. The lowest BCUT2D eigenvalue weighted by molar-refractivity contribution is -0.140. The molecule has 1 atom stereocenters. The van der Waals surface area contributed by atoms with Crippen molar-refractivity contribution < 1.29 is 24.2 Å². The van der Waals surface area contributed by atoms with Crippen LogP contribution in [0.5, 0.6) is 5.75 Å². The Bertz CT molecular complexity index is 518. The summed E-state index contributed by atoms with van der Waals surface area (Å²) >= 11 is 0.783. The molecule has 0 aliphatic heterocycles. The maximum absolute atomic E-state index is 11.7. The highest BCUT2D eigenvalue weighted by Crippen LogP contribution is 2.17. The molecule has 8 heteroatoms. The van der Waals surface area contributed by atoms with Gasteiger partial charge in [0, 0.05) is 18.4 Å². The first-order chi connectivity index (χ1) is 9.92. The van der Waals surface area contributed by atoms with Crippen molar-refractivity contribution in [2.45, 2.75) is 13.0 Å². The predicted molar refractivity (Wildman–Crippen MR) is 79.7 cm³/mol. The van der Waals surface area contributed by atoms with Crippen LogP contribution >= 0.6 is 11.8 Å². The predicted octanol–water partition coefficient (Wildman–Crippen LogP) is 1.55. The number of ether oxygens (including phenoxy) is 1. The van der Waals surface area contributed by atoms with Crippen LogP contribution in [0.15, 0.2) is 24.3 Å². The van der Waals surface area contributed by atoms with E-state index in [4.69, 9.17) is 9.84 Å². The van der Waals surface area contributed by atoms with Crippen LogP contribution in [-0.4, -0.2) is 41.1 Å². The number of thioether (sulfide) groups is 1. The molecular weight excluding hydrogens is 296 g/mol. The first-order valence-electron chi connectivity index (χ1n) is 6.00. The maximum atomic E-state index is 11.7. The average molecular weight is 312 g/mol. The summed E-state index contributed by atoms with van der Waals surface area (Å²) in [6.45, 7) is 1.22. The third-order valence-corrected chi connectivity index (χ3v) is 3.26. The Labute approximate surface area is 126 Å². The smallest absolute Gasteiger partial charge is 0.327 e. The number of amides is 2. The Kier molecular flexibility index (Phi) is 6.54. The van der Waals surface area contributed by atoms with Crippen LogP contribution in [0.25, 0.3) is 0 Å². The molecule has 0 saturated carbocycles. The summed E-state index contributed by atoms with van der Waals surface area (Å²) < 4.78 is 4.99. The van der Waals surface area contributed by atoms with Crippen molar-refractivity contribution in [1.29, 1.82) is 0 Å². The van der Waals surface area contributed by atoms with Gasteiger partial charge in [-0.3, -0.25) is 9.59 Å². The molecule has 0 unspecified atom stereocenters. The van der Waals surface area contributed by atoms with E-state index in [9.17, 15) is 14.4 Å². The minimum atomic E-state index is -1.19. The molecule has 0 aromatic heterocycles. The molecule has 0 spiro atoms. The van der Waals surface area contributed by atoms with Crippen LogP contribution in [0.1, 0.15) is 6.92 Å². The number of rotatable bonds is 6. The second-order valence-electron chi connectivity index (χ2n) is 4.04. The lowest BCUT2D eigenvalue weighted by atomic mass is 10.3. The Hall–Kier alpha value is -2.22. The molecule has 1 aromatic carbocycles. The highest BCUT2D eigenvalue weighted by molar-refractivity contribution is 8.13. The number of carbonyl (C=O) groups excluding carboxylic acids is 2. The van der Waals surface area contributed by atoms with E-state index in [-0.39, 0.29) is 5.75 Å². The van der Waals surface area contributed by atoms with Crippen molar-refractivity contribution in [3.05, 3.63) is 24.3 Å². The molecule has 0 aliphatic carbocycles. The summed E-state index contributed by atoms with van der Waals surface area (Å²) in [5.41, 5.74) is 0.569. The van der Waals surface area contributed by atoms with Crippen LogP contribution in [0, 0.1) is 0 Å². The number of anilines is 1. The van der Waals surface area contributed by atoms with Gasteiger partial charge in [0.05, 0.1) is 7.11 Å². The first kappa shape index (κ1) is 16.8.